The van der Waals surface area contributed by atoms with E-state index in [9.17, 15) is 9.59 Å². The van der Waals surface area contributed by atoms with E-state index in [4.69, 9.17) is 25.5 Å². The number of carbonyl (C=O) groups excluding carboxylic acids is 2. The van der Waals surface area contributed by atoms with Gasteiger partial charge >= 0.3 is 5.97 Å². The van der Waals surface area contributed by atoms with Gasteiger partial charge < -0.3 is 19.2 Å². The molecule has 1 heterocycles. The van der Waals surface area contributed by atoms with Gasteiger partial charge in [0.15, 0.2) is 0 Å². The van der Waals surface area contributed by atoms with E-state index in [0.29, 0.717) is 22.2 Å². The minimum atomic E-state index is -0.598. The van der Waals surface area contributed by atoms with Crippen LogP contribution >= 0.6 is 11.6 Å². The molecule has 1 atom stereocenters. The maximum Gasteiger partial charge on any atom is 0.308 e. The van der Waals surface area contributed by atoms with Crippen LogP contribution < -0.4 is 10.1 Å². The zero-order valence-corrected chi connectivity index (χ0v) is 19.7. The number of aromatic nitrogens is 1. The first-order valence-corrected chi connectivity index (χ1v) is 11.3. The molecule has 0 aliphatic heterocycles. The molecule has 0 aliphatic rings. The van der Waals surface area contributed by atoms with Gasteiger partial charge in [0.05, 0.1) is 30.2 Å². The van der Waals surface area contributed by atoms with E-state index in [-0.39, 0.29) is 18.9 Å². The highest BCUT2D eigenvalue weighted by Gasteiger charge is 2.21. The number of methoxy groups -OCH3 is 1. The summed E-state index contributed by atoms with van der Waals surface area (Å²) in [6.07, 6.45) is 1.38. The van der Waals surface area contributed by atoms with Crippen LogP contribution in [0.3, 0.4) is 0 Å². The van der Waals surface area contributed by atoms with Crippen LogP contribution in [-0.4, -0.2) is 24.0 Å². The second-order valence-corrected chi connectivity index (χ2v) is 8.06. The summed E-state index contributed by atoms with van der Waals surface area (Å²) < 4.78 is 16.1. The first kappa shape index (κ1) is 24.0. The van der Waals surface area contributed by atoms with Crippen LogP contribution in [-0.2, 0) is 16.1 Å². The first-order valence-electron chi connectivity index (χ1n) is 10.9. The van der Waals surface area contributed by atoms with Crippen LogP contribution in [0.25, 0.3) is 11.5 Å². The molecule has 35 heavy (non-hydrogen) atoms. The van der Waals surface area contributed by atoms with Crippen LogP contribution in [0.15, 0.2) is 89.5 Å². The number of carbonyl (C=O) groups is 2. The normalized spacial score (nSPS) is 11.5. The fourth-order valence-electron chi connectivity index (χ4n) is 3.44. The number of oxazole rings is 1. The third-order valence-corrected chi connectivity index (χ3v) is 5.60. The van der Waals surface area contributed by atoms with Gasteiger partial charge in [0.1, 0.15) is 24.3 Å². The number of ether oxygens (including phenoxy) is 2. The SMILES string of the molecule is COc1ccc(-c2nc(COC(=O)C[C@@H](NC(=O)c3ccccc3Cl)c3ccccc3)co2)cc1. The summed E-state index contributed by atoms with van der Waals surface area (Å²) in [5.74, 6) is 0.266. The van der Waals surface area contributed by atoms with E-state index >= 15 is 0 Å². The summed E-state index contributed by atoms with van der Waals surface area (Å²) in [6.45, 7) is -0.0571. The quantitative estimate of drug-likeness (QED) is 0.307. The van der Waals surface area contributed by atoms with E-state index in [1.165, 1.54) is 6.26 Å². The molecule has 1 N–H and O–H groups in total. The fraction of sp³-hybridized carbons (Fsp3) is 0.148. The van der Waals surface area contributed by atoms with E-state index in [2.05, 4.69) is 10.3 Å². The molecule has 3 aromatic carbocycles. The zero-order valence-electron chi connectivity index (χ0n) is 18.9. The molecule has 1 amide bonds. The summed E-state index contributed by atoms with van der Waals surface area (Å²) in [5.41, 5.74) is 2.35. The number of amides is 1. The Kier molecular flexibility index (Phi) is 7.80. The van der Waals surface area contributed by atoms with Gasteiger partial charge in [-0.1, -0.05) is 54.1 Å². The van der Waals surface area contributed by atoms with Crippen molar-refractivity contribution in [2.75, 3.05) is 7.11 Å². The molecule has 0 spiro atoms. The zero-order chi connectivity index (χ0) is 24.6. The number of hydrogen-bond donors (Lipinski definition) is 1. The Morgan fingerprint density at radius 1 is 1.00 bits per heavy atom. The number of esters is 1. The Bertz CT molecular complexity index is 1290. The minimum absolute atomic E-state index is 0.0571. The topological polar surface area (TPSA) is 90.7 Å². The number of nitrogens with zero attached hydrogens (tertiary/aromatic N) is 1. The molecular formula is C27H23ClN2O5. The molecule has 0 saturated carbocycles. The van der Waals surface area contributed by atoms with Crippen molar-refractivity contribution in [2.45, 2.75) is 19.1 Å². The van der Waals surface area contributed by atoms with Crippen molar-refractivity contribution in [3.63, 3.8) is 0 Å². The van der Waals surface area contributed by atoms with E-state index in [1.807, 2.05) is 42.5 Å². The number of hydrogen-bond acceptors (Lipinski definition) is 6. The maximum absolute atomic E-state index is 12.8. The molecule has 4 aromatic rings. The van der Waals surface area contributed by atoms with Crippen LogP contribution in [0.1, 0.15) is 34.1 Å². The molecule has 0 saturated heterocycles. The lowest BCUT2D eigenvalue weighted by Gasteiger charge is -2.19. The maximum atomic E-state index is 12.8. The van der Waals surface area contributed by atoms with Crippen LogP contribution in [0.4, 0.5) is 0 Å². The average Bonchev–Trinajstić information content (AvgIpc) is 3.37. The molecule has 1 aromatic heterocycles. The van der Waals surface area contributed by atoms with E-state index < -0.39 is 12.0 Å². The van der Waals surface area contributed by atoms with Gasteiger partial charge in [0.25, 0.3) is 5.91 Å². The molecule has 0 bridgehead atoms. The molecule has 0 fully saturated rings. The van der Waals surface area contributed by atoms with Crippen LogP contribution in [0.2, 0.25) is 5.02 Å². The highest BCUT2D eigenvalue weighted by atomic mass is 35.5. The summed E-state index contributed by atoms with van der Waals surface area (Å²) in [4.78, 5) is 29.8. The molecule has 4 rings (SSSR count). The van der Waals surface area contributed by atoms with Crippen molar-refractivity contribution in [2.24, 2.45) is 0 Å². The third-order valence-electron chi connectivity index (χ3n) is 5.27. The van der Waals surface area contributed by atoms with Crippen molar-refractivity contribution in [3.05, 3.63) is 107 Å². The largest absolute Gasteiger partial charge is 0.497 e. The van der Waals surface area contributed by atoms with Crippen molar-refractivity contribution in [3.8, 4) is 17.2 Å². The molecular weight excluding hydrogens is 468 g/mol. The predicted molar refractivity (Wildman–Crippen MR) is 131 cm³/mol. The molecule has 0 unspecified atom stereocenters. The Balaban J connectivity index is 1.40. The molecule has 7 nitrogen and oxygen atoms in total. The number of nitrogens with one attached hydrogen (secondary N) is 1. The molecule has 8 heteroatoms. The summed E-state index contributed by atoms with van der Waals surface area (Å²) in [5, 5.41) is 3.22. The second kappa shape index (κ2) is 11.4. The van der Waals surface area contributed by atoms with Crippen molar-refractivity contribution in [1.29, 1.82) is 0 Å². The minimum Gasteiger partial charge on any atom is -0.497 e. The Morgan fingerprint density at radius 2 is 1.71 bits per heavy atom. The molecule has 0 radical (unpaired) electrons. The average molecular weight is 491 g/mol. The summed E-state index contributed by atoms with van der Waals surface area (Å²) >= 11 is 6.16. The Morgan fingerprint density at radius 3 is 2.43 bits per heavy atom. The third kappa shape index (κ3) is 6.28. The van der Waals surface area contributed by atoms with E-state index in [0.717, 1.165) is 16.9 Å². The standard InChI is InChI=1S/C27H23ClN2O5/c1-33-21-13-11-19(12-14-21)27-29-20(17-35-27)16-34-25(31)15-24(18-7-3-2-4-8-18)30-26(32)22-9-5-6-10-23(22)28/h2-14,17,24H,15-16H2,1H3,(H,30,32)/t24-/m1/s1. The predicted octanol–water partition coefficient (Wildman–Crippen LogP) is 5.61. The number of benzene rings is 3. The highest BCUT2D eigenvalue weighted by Crippen LogP contribution is 2.23. The lowest BCUT2D eigenvalue weighted by molar-refractivity contribution is -0.145. The lowest BCUT2D eigenvalue weighted by atomic mass is 10.0. The van der Waals surface area contributed by atoms with Crippen LogP contribution in [0.5, 0.6) is 5.75 Å². The second-order valence-electron chi connectivity index (χ2n) is 7.65. The van der Waals surface area contributed by atoms with Gasteiger partial charge in [-0.15, -0.1) is 0 Å². The molecule has 0 aliphatic carbocycles. The number of rotatable bonds is 9. The first-order chi connectivity index (χ1) is 17.0. The van der Waals surface area contributed by atoms with Crippen molar-refractivity contribution >= 4 is 23.5 Å². The van der Waals surface area contributed by atoms with Crippen LogP contribution in [0, 0.1) is 0 Å². The highest BCUT2D eigenvalue weighted by molar-refractivity contribution is 6.33. The summed E-state index contributed by atoms with van der Waals surface area (Å²) in [7, 11) is 1.59. The van der Waals surface area contributed by atoms with Gasteiger partial charge in [-0.25, -0.2) is 4.98 Å². The van der Waals surface area contributed by atoms with Gasteiger partial charge in [0.2, 0.25) is 5.89 Å². The van der Waals surface area contributed by atoms with Crippen molar-refractivity contribution < 1.29 is 23.5 Å². The Labute approximate surface area is 207 Å². The fourth-order valence-corrected chi connectivity index (χ4v) is 3.66. The summed E-state index contributed by atoms with van der Waals surface area (Å²) in [6, 6.07) is 22.6. The smallest absolute Gasteiger partial charge is 0.308 e. The van der Waals surface area contributed by atoms with E-state index in [1.54, 1.807) is 43.5 Å². The van der Waals surface area contributed by atoms with Gasteiger partial charge in [-0.05, 0) is 42.0 Å². The van der Waals surface area contributed by atoms with Crippen molar-refractivity contribution in [1.82, 2.24) is 10.3 Å². The Hall–Kier alpha value is -4.10. The lowest BCUT2D eigenvalue weighted by Crippen LogP contribution is -2.30. The van der Waals surface area contributed by atoms with Gasteiger partial charge in [-0.2, -0.15) is 0 Å². The molecule has 178 valence electrons. The van der Waals surface area contributed by atoms with Gasteiger partial charge in [-0.3, -0.25) is 9.59 Å². The van der Waals surface area contributed by atoms with Gasteiger partial charge in [0, 0.05) is 5.56 Å². The number of halogens is 1. The monoisotopic (exact) mass is 490 g/mol.